The molecular weight excluding hydrogens is 616 g/mol. The number of amides is 3. The first-order chi connectivity index (χ1) is 21.2. The molecule has 3 heterocycles. The average molecular weight is 647 g/mol. The van der Waals surface area contributed by atoms with Crippen LogP contribution in [0.3, 0.4) is 0 Å². The summed E-state index contributed by atoms with van der Waals surface area (Å²) in [5, 5.41) is 3.16. The SMILES string of the molecule is CCN(CC)c1ccc([C@@H]2c3sc(=O)n(CC(=O)Nc4ccc(Cl)cc4)c3S[C@H]3C(=O)N(c4ccc(C)cc4)C(=O)[C@@H]23)cc1. The molecule has 3 aromatic carbocycles. The fraction of sp³-hybridized carbons (Fsp3) is 0.273. The predicted octanol–water partition coefficient (Wildman–Crippen LogP) is 6.15. The minimum Gasteiger partial charge on any atom is -0.372 e. The third-order valence-corrected chi connectivity index (χ3v) is 11.0. The Bertz CT molecular complexity index is 1780. The number of carbonyl (C=O) groups is 3. The molecule has 11 heteroatoms. The number of aromatic nitrogens is 1. The Morgan fingerprint density at radius 2 is 1.57 bits per heavy atom. The molecule has 1 aromatic heterocycles. The van der Waals surface area contributed by atoms with Crippen molar-refractivity contribution in [2.75, 3.05) is 28.2 Å². The first-order valence-corrected chi connectivity index (χ1v) is 16.5. The molecule has 226 valence electrons. The van der Waals surface area contributed by atoms with Gasteiger partial charge < -0.3 is 10.2 Å². The summed E-state index contributed by atoms with van der Waals surface area (Å²) >= 11 is 8.22. The number of carbonyl (C=O) groups excluding carboxylic acids is 3. The van der Waals surface area contributed by atoms with Crippen LogP contribution in [0.15, 0.2) is 82.6 Å². The Balaban J connectivity index is 1.41. The molecule has 3 atom stereocenters. The van der Waals surface area contributed by atoms with Gasteiger partial charge in [-0.25, -0.2) is 4.90 Å². The van der Waals surface area contributed by atoms with E-state index in [4.69, 9.17) is 11.6 Å². The van der Waals surface area contributed by atoms with Crippen LogP contribution in [-0.2, 0) is 20.9 Å². The highest BCUT2D eigenvalue weighted by Gasteiger charge is 2.56. The van der Waals surface area contributed by atoms with Crippen LogP contribution >= 0.6 is 34.7 Å². The lowest BCUT2D eigenvalue weighted by Gasteiger charge is -2.31. The van der Waals surface area contributed by atoms with Gasteiger partial charge in [-0.1, -0.05) is 64.5 Å². The number of hydrogen-bond acceptors (Lipinski definition) is 7. The fourth-order valence-electron chi connectivity index (χ4n) is 5.92. The van der Waals surface area contributed by atoms with Crippen LogP contribution in [0.5, 0.6) is 0 Å². The van der Waals surface area contributed by atoms with Gasteiger partial charge in [-0.15, -0.1) is 0 Å². The lowest BCUT2D eigenvalue weighted by Crippen LogP contribution is -2.33. The van der Waals surface area contributed by atoms with Crippen molar-refractivity contribution in [1.82, 2.24) is 4.57 Å². The molecule has 1 N–H and O–H groups in total. The third kappa shape index (κ3) is 5.46. The summed E-state index contributed by atoms with van der Waals surface area (Å²) in [6.07, 6.45) is 0. The summed E-state index contributed by atoms with van der Waals surface area (Å²) in [5.74, 6) is -2.21. The first kappa shape index (κ1) is 30.2. The van der Waals surface area contributed by atoms with E-state index < -0.39 is 17.1 Å². The summed E-state index contributed by atoms with van der Waals surface area (Å²) in [6, 6.07) is 22.1. The maximum absolute atomic E-state index is 14.1. The van der Waals surface area contributed by atoms with E-state index in [0.717, 1.165) is 41.2 Å². The molecule has 0 radical (unpaired) electrons. The van der Waals surface area contributed by atoms with Gasteiger partial charge in [-0.3, -0.25) is 23.7 Å². The van der Waals surface area contributed by atoms with E-state index in [2.05, 4.69) is 24.1 Å². The van der Waals surface area contributed by atoms with E-state index in [9.17, 15) is 19.2 Å². The summed E-state index contributed by atoms with van der Waals surface area (Å²) in [4.78, 5) is 58.5. The number of imide groups is 1. The van der Waals surface area contributed by atoms with Crippen LogP contribution in [0, 0.1) is 12.8 Å². The van der Waals surface area contributed by atoms with Crippen molar-refractivity contribution in [2.45, 2.75) is 43.5 Å². The largest absolute Gasteiger partial charge is 0.372 e. The van der Waals surface area contributed by atoms with E-state index >= 15 is 0 Å². The number of halogens is 1. The number of anilines is 3. The highest BCUT2D eigenvalue weighted by Crippen LogP contribution is 2.54. The van der Waals surface area contributed by atoms with Gasteiger partial charge in [-0.2, -0.15) is 0 Å². The van der Waals surface area contributed by atoms with E-state index in [1.807, 2.05) is 43.3 Å². The van der Waals surface area contributed by atoms with Crippen LogP contribution < -0.4 is 20.0 Å². The van der Waals surface area contributed by atoms with Crippen LogP contribution in [0.2, 0.25) is 5.02 Å². The van der Waals surface area contributed by atoms with Gasteiger partial charge in [0.25, 0.3) is 0 Å². The topological polar surface area (TPSA) is 91.7 Å². The average Bonchev–Trinajstić information content (AvgIpc) is 3.46. The minimum absolute atomic E-state index is 0.227. The van der Waals surface area contributed by atoms with Gasteiger partial charge in [0.1, 0.15) is 11.8 Å². The molecule has 0 bridgehead atoms. The predicted molar refractivity (Wildman–Crippen MR) is 177 cm³/mol. The molecule has 8 nitrogen and oxygen atoms in total. The highest BCUT2D eigenvalue weighted by molar-refractivity contribution is 8.00. The second-order valence-electron chi connectivity index (χ2n) is 10.8. The molecule has 0 unspecified atom stereocenters. The summed E-state index contributed by atoms with van der Waals surface area (Å²) in [6.45, 7) is 7.62. The van der Waals surface area contributed by atoms with Crippen molar-refractivity contribution < 1.29 is 14.4 Å². The number of benzene rings is 3. The molecule has 44 heavy (non-hydrogen) atoms. The smallest absolute Gasteiger partial charge is 0.308 e. The van der Waals surface area contributed by atoms with E-state index in [1.54, 1.807) is 36.4 Å². The first-order valence-electron chi connectivity index (χ1n) is 14.4. The highest BCUT2D eigenvalue weighted by atomic mass is 35.5. The maximum Gasteiger partial charge on any atom is 0.308 e. The minimum atomic E-state index is -0.747. The van der Waals surface area contributed by atoms with Gasteiger partial charge >= 0.3 is 4.87 Å². The molecule has 4 aromatic rings. The molecular formula is C33H31ClN4O4S2. The van der Waals surface area contributed by atoms with E-state index in [0.29, 0.717) is 26.3 Å². The summed E-state index contributed by atoms with van der Waals surface area (Å²) < 4.78 is 1.43. The summed E-state index contributed by atoms with van der Waals surface area (Å²) in [7, 11) is 0. The lowest BCUT2D eigenvalue weighted by molar-refractivity contribution is -0.122. The molecule has 2 aliphatic heterocycles. The number of fused-ring (bicyclic) bond motifs is 2. The quantitative estimate of drug-likeness (QED) is 0.231. The molecule has 1 saturated heterocycles. The molecule has 0 spiro atoms. The number of hydrogen-bond donors (Lipinski definition) is 1. The number of nitrogens with one attached hydrogen (secondary N) is 1. The standard InChI is InChI=1S/C33H31ClN4O4S2/c1-4-36(5-2)23-16-8-20(9-17-23)26-27-28(31(41)38(30(27)40)24-14-6-19(3)7-15-24)43-32-29(26)44-33(42)37(32)18-25(39)35-22-12-10-21(34)11-13-22/h6-17,26-28H,4-5,18H2,1-3H3,(H,35,39)/t26-,27-,28+/m0/s1. The van der Waals surface area contributed by atoms with Crippen LogP contribution in [-0.4, -0.2) is 40.6 Å². The number of thiazole rings is 1. The second-order valence-corrected chi connectivity index (χ2v) is 13.4. The Morgan fingerprint density at radius 1 is 0.909 bits per heavy atom. The van der Waals surface area contributed by atoms with Gasteiger partial charge in [0, 0.05) is 40.3 Å². The molecule has 0 aliphatic carbocycles. The number of thioether (sulfide) groups is 1. The number of aryl methyl sites for hydroxylation is 1. The third-order valence-electron chi connectivity index (χ3n) is 8.15. The lowest BCUT2D eigenvalue weighted by atomic mass is 9.83. The Kier molecular flexibility index (Phi) is 8.41. The van der Waals surface area contributed by atoms with Crippen molar-refractivity contribution in [3.8, 4) is 0 Å². The van der Waals surface area contributed by atoms with Crippen molar-refractivity contribution in [2.24, 2.45) is 5.92 Å². The van der Waals surface area contributed by atoms with Gasteiger partial charge in [0.05, 0.1) is 16.6 Å². The molecule has 1 fully saturated rings. The van der Waals surface area contributed by atoms with Gasteiger partial charge in [0.2, 0.25) is 17.7 Å². The molecule has 3 amide bonds. The van der Waals surface area contributed by atoms with E-state index in [-0.39, 0.29) is 29.1 Å². The zero-order valence-electron chi connectivity index (χ0n) is 24.5. The molecule has 0 saturated carbocycles. The van der Waals surface area contributed by atoms with Crippen molar-refractivity contribution in [3.05, 3.63) is 103 Å². The zero-order chi connectivity index (χ0) is 31.1. The Hall–Kier alpha value is -3.86. The normalized spacial score (nSPS) is 19.1. The summed E-state index contributed by atoms with van der Waals surface area (Å²) in [5.41, 5.74) is 4.01. The maximum atomic E-state index is 14.1. The molecule has 2 aliphatic rings. The second kappa shape index (κ2) is 12.3. The Labute approximate surface area is 268 Å². The van der Waals surface area contributed by atoms with Gasteiger partial charge in [-0.05, 0) is 74.9 Å². The number of rotatable bonds is 8. The van der Waals surface area contributed by atoms with Crippen molar-refractivity contribution >= 4 is 69.5 Å². The Morgan fingerprint density at radius 3 is 2.20 bits per heavy atom. The fourth-order valence-corrected chi connectivity index (χ4v) is 8.82. The molecule has 6 rings (SSSR count). The van der Waals surface area contributed by atoms with Gasteiger partial charge in [0.15, 0.2) is 0 Å². The van der Waals surface area contributed by atoms with Crippen LogP contribution in [0.25, 0.3) is 0 Å². The number of nitrogens with zero attached hydrogens (tertiary/aromatic N) is 3. The monoisotopic (exact) mass is 646 g/mol. The van der Waals surface area contributed by atoms with Crippen LogP contribution in [0.4, 0.5) is 17.1 Å². The van der Waals surface area contributed by atoms with Crippen LogP contribution in [0.1, 0.15) is 35.8 Å². The van der Waals surface area contributed by atoms with Crippen molar-refractivity contribution in [1.29, 1.82) is 0 Å². The van der Waals surface area contributed by atoms with E-state index in [1.165, 1.54) is 21.2 Å². The zero-order valence-corrected chi connectivity index (χ0v) is 26.8. The van der Waals surface area contributed by atoms with Crippen molar-refractivity contribution in [3.63, 3.8) is 0 Å².